The van der Waals surface area contributed by atoms with Gasteiger partial charge in [-0.1, -0.05) is 30.3 Å². The predicted octanol–water partition coefficient (Wildman–Crippen LogP) is 0.345. The number of nitrogens with one attached hydrogen (secondary N) is 1. The topological polar surface area (TPSA) is 55.8 Å². The highest BCUT2D eigenvalue weighted by molar-refractivity contribution is 5.77. The standard InChI is InChI=1S/C17H27N3O2/c21-14-13-19-9-11-20(12-10-19)15-17(22)18-8-4-7-16-5-2-1-3-6-16/h1-3,5-6,21H,4,7-15H2,(H,18,22). The van der Waals surface area contributed by atoms with Gasteiger partial charge in [0.25, 0.3) is 0 Å². The molecule has 0 spiro atoms. The lowest BCUT2D eigenvalue weighted by Crippen LogP contribution is -2.50. The zero-order valence-corrected chi connectivity index (χ0v) is 13.2. The molecule has 22 heavy (non-hydrogen) atoms. The second-order valence-corrected chi connectivity index (χ2v) is 5.78. The van der Waals surface area contributed by atoms with Crippen LogP contribution >= 0.6 is 0 Å². The Kier molecular flexibility index (Phi) is 7.36. The van der Waals surface area contributed by atoms with Crippen LogP contribution in [0.3, 0.4) is 0 Å². The number of piperazine rings is 1. The SMILES string of the molecule is O=C(CN1CCN(CCO)CC1)NCCCc1ccccc1. The molecule has 5 nitrogen and oxygen atoms in total. The van der Waals surface area contributed by atoms with E-state index in [1.165, 1.54) is 5.56 Å². The molecule has 1 aliphatic heterocycles. The summed E-state index contributed by atoms with van der Waals surface area (Å²) < 4.78 is 0. The maximum atomic E-state index is 11.9. The van der Waals surface area contributed by atoms with Crippen molar-refractivity contribution in [2.45, 2.75) is 12.8 Å². The van der Waals surface area contributed by atoms with E-state index in [-0.39, 0.29) is 12.5 Å². The number of aliphatic hydroxyl groups is 1. The number of nitrogens with zero attached hydrogens (tertiary/aromatic N) is 2. The second kappa shape index (κ2) is 9.56. The summed E-state index contributed by atoms with van der Waals surface area (Å²) in [6.45, 7) is 5.83. The Morgan fingerprint density at radius 3 is 2.45 bits per heavy atom. The summed E-state index contributed by atoms with van der Waals surface area (Å²) in [6, 6.07) is 10.3. The molecule has 1 aromatic rings. The normalized spacial score (nSPS) is 16.6. The fourth-order valence-corrected chi connectivity index (χ4v) is 2.74. The van der Waals surface area contributed by atoms with Crippen molar-refractivity contribution in [1.29, 1.82) is 0 Å². The van der Waals surface area contributed by atoms with Gasteiger partial charge in [-0.3, -0.25) is 14.6 Å². The zero-order chi connectivity index (χ0) is 15.6. The first-order valence-electron chi connectivity index (χ1n) is 8.14. The molecule has 0 saturated carbocycles. The number of carbonyl (C=O) groups excluding carboxylic acids is 1. The number of hydrogen-bond donors (Lipinski definition) is 2. The molecule has 1 aliphatic rings. The summed E-state index contributed by atoms with van der Waals surface area (Å²) in [5.41, 5.74) is 1.32. The molecular formula is C17H27N3O2. The van der Waals surface area contributed by atoms with Gasteiger partial charge in [0.2, 0.25) is 5.91 Å². The number of benzene rings is 1. The average molecular weight is 305 g/mol. The molecule has 1 amide bonds. The van der Waals surface area contributed by atoms with Gasteiger partial charge >= 0.3 is 0 Å². The Morgan fingerprint density at radius 1 is 1.09 bits per heavy atom. The van der Waals surface area contributed by atoms with Gasteiger partial charge in [0, 0.05) is 39.3 Å². The molecule has 1 saturated heterocycles. The minimum absolute atomic E-state index is 0.115. The first-order valence-corrected chi connectivity index (χ1v) is 8.14. The minimum atomic E-state index is 0.115. The van der Waals surface area contributed by atoms with Crippen LogP contribution in [-0.2, 0) is 11.2 Å². The van der Waals surface area contributed by atoms with Crippen molar-refractivity contribution in [2.75, 3.05) is 52.4 Å². The Hall–Kier alpha value is -1.43. The fraction of sp³-hybridized carbons (Fsp3) is 0.588. The molecule has 2 N–H and O–H groups in total. The van der Waals surface area contributed by atoms with Gasteiger partial charge in [-0.2, -0.15) is 0 Å². The van der Waals surface area contributed by atoms with Crippen molar-refractivity contribution in [3.05, 3.63) is 35.9 Å². The van der Waals surface area contributed by atoms with Crippen LogP contribution in [0.5, 0.6) is 0 Å². The molecule has 1 heterocycles. The van der Waals surface area contributed by atoms with Gasteiger partial charge in [-0.15, -0.1) is 0 Å². The van der Waals surface area contributed by atoms with Crippen molar-refractivity contribution < 1.29 is 9.90 Å². The largest absolute Gasteiger partial charge is 0.395 e. The smallest absolute Gasteiger partial charge is 0.234 e. The Bertz CT molecular complexity index is 431. The van der Waals surface area contributed by atoms with Crippen LogP contribution in [0.25, 0.3) is 0 Å². The van der Waals surface area contributed by atoms with Gasteiger partial charge in [0.1, 0.15) is 0 Å². The summed E-state index contributed by atoms with van der Waals surface area (Å²) in [5.74, 6) is 0.115. The monoisotopic (exact) mass is 305 g/mol. The molecule has 122 valence electrons. The van der Waals surface area contributed by atoms with E-state index in [1.54, 1.807) is 0 Å². The van der Waals surface area contributed by atoms with Crippen LogP contribution in [0.2, 0.25) is 0 Å². The Balaban J connectivity index is 1.55. The highest BCUT2D eigenvalue weighted by Gasteiger charge is 2.18. The maximum Gasteiger partial charge on any atom is 0.234 e. The highest BCUT2D eigenvalue weighted by Crippen LogP contribution is 2.02. The van der Waals surface area contributed by atoms with Crippen LogP contribution in [0.4, 0.5) is 0 Å². The summed E-state index contributed by atoms with van der Waals surface area (Å²) >= 11 is 0. The van der Waals surface area contributed by atoms with Crippen molar-refractivity contribution in [3.8, 4) is 0 Å². The van der Waals surface area contributed by atoms with E-state index in [9.17, 15) is 4.79 Å². The predicted molar refractivity (Wildman–Crippen MR) is 87.7 cm³/mol. The van der Waals surface area contributed by atoms with E-state index in [0.29, 0.717) is 6.54 Å². The first kappa shape index (κ1) is 16.9. The summed E-state index contributed by atoms with van der Waals surface area (Å²) in [4.78, 5) is 16.3. The minimum Gasteiger partial charge on any atom is -0.395 e. The Labute approximate surface area is 132 Å². The lowest BCUT2D eigenvalue weighted by atomic mass is 10.1. The van der Waals surface area contributed by atoms with E-state index in [1.807, 2.05) is 18.2 Å². The molecule has 1 fully saturated rings. The molecule has 0 aromatic heterocycles. The second-order valence-electron chi connectivity index (χ2n) is 5.78. The Morgan fingerprint density at radius 2 is 1.77 bits per heavy atom. The molecule has 0 radical (unpaired) electrons. The van der Waals surface area contributed by atoms with Crippen molar-refractivity contribution in [1.82, 2.24) is 15.1 Å². The summed E-state index contributed by atoms with van der Waals surface area (Å²) in [6.07, 6.45) is 1.97. The van der Waals surface area contributed by atoms with Crippen LogP contribution < -0.4 is 5.32 Å². The van der Waals surface area contributed by atoms with Crippen LogP contribution in [0.15, 0.2) is 30.3 Å². The third-order valence-corrected chi connectivity index (χ3v) is 4.06. The summed E-state index contributed by atoms with van der Waals surface area (Å²) in [5, 5.41) is 11.9. The van der Waals surface area contributed by atoms with E-state index >= 15 is 0 Å². The van der Waals surface area contributed by atoms with Gasteiger partial charge in [-0.05, 0) is 18.4 Å². The highest BCUT2D eigenvalue weighted by atomic mass is 16.3. The number of β-amino-alcohol motifs (C(OH)–C–C–N with tert-alkyl or cyclic N) is 1. The van der Waals surface area contributed by atoms with Crippen LogP contribution in [0, 0.1) is 0 Å². The van der Waals surface area contributed by atoms with Gasteiger partial charge in [-0.25, -0.2) is 0 Å². The van der Waals surface area contributed by atoms with E-state index in [4.69, 9.17) is 5.11 Å². The third-order valence-electron chi connectivity index (χ3n) is 4.06. The number of rotatable bonds is 8. The molecule has 5 heteroatoms. The lowest BCUT2D eigenvalue weighted by Gasteiger charge is -2.33. The number of aryl methyl sites for hydroxylation is 1. The van der Waals surface area contributed by atoms with E-state index in [2.05, 4.69) is 27.2 Å². The van der Waals surface area contributed by atoms with Crippen molar-refractivity contribution in [2.24, 2.45) is 0 Å². The first-order chi connectivity index (χ1) is 10.8. The number of aliphatic hydroxyl groups excluding tert-OH is 1. The quantitative estimate of drug-likeness (QED) is 0.680. The molecule has 0 aliphatic carbocycles. The molecule has 0 atom stereocenters. The van der Waals surface area contributed by atoms with Gasteiger partial charge in [0.15, 0.2) is 0 Å². The summed E-state index contributed by atoms with van der Waals surface area (Å²) in [7, 11) is 0. The van der Waals surface area contributed by atoms with Crippen molar-refractivity contribution in [3.63, 3.8) is 0 Å². The molecular weight excluding hydrogens is 278 g/mol. The number of hydrogen-bond acceptors (Lipinski definition) is 4. The molecule has 1 aromatic carbocycles. The lowest BCUT2D eigenvalue weighted by molar-refractivity contribution is -0.122. The number of amides is 1. The van der Waals surface area contributed by atoms with Crippen LogP contribution in [-0.4, -0.2) is 73.2 Å². The fourth-order valence-electron chi connectivity index (χ4n) is 2.74. The molecule has 0 unspecified atom stereocenters. The average Bonchev–Trinajstić information content (AvgIpc) is 2.55. The van der Waals surface area contributed by atoms with Crippen molar-refractivity contribution >= 4 is 5.91 Å². The number of carbonyl (C=O) groups is 1. The van der Waals surface area contributed by atoms with Gasteiger partial charge < -0.3 is 10.4 Å². The maximum absolute atomic E-state index is 11.9. The molecule has 0 bridgehead atoms. The van der Waals surface area contributed by atoms with Crippen LogP contribution in [0.1, 0.15) is 12.0 Å². The van der Waals surface area contributed by atoms with Gasteiger partial charge in [0.05, 0.1) is 13.2 Å². The van der Waals surface area contributed by atoms with E-state index in [0.717, 1.165) is 52.1 Å². The third kappa shape index (κ3) is 6.13. The zero-order valence-electron chi connectivity index (χ0n) is 13.2. The molecule has 2 rings (SSSR count). The van der Waals surface area contributed by atoms with E-state index < -0.39 is 0 Å².